The van der Waals surface area contributed by atoms with E-state index in [0.29, 0.717) is 5.69 Å². The first-order valence-electron chi connectivity index (χ1n) is 6.97. The van der Waals surface area contributed by atoms with Crippen molar-refractivity contribution >= 4 is 11.7 Å². The van der Waals surface area contributed by atoms with E-state index < -0.39 is 6.10 Å². The highest BCUT2D eigenvalue weighted by molar-refractivity contribution is 5.89. The van der Waals surface area contributed by atoms with Gasteiger partial charge in [-0.05, 0) is 37.1 Å². The van der Waals surface area contributed by atoms with E-state index in [2.05, 4.69) is 5.32 Å². The Morgan fingerprint density at radius 1 is 1.30 bits per heavy atom. The summed E-state index contributed by atoms with van der Waals surface area (Å²) in [6.07, 6.45) is 3.29. The van der Waals surface area contributed by atoms with Gasteiger partial charge in [0.2, 0.25) is 0 Å². The van der Waals surface area contributed by atoms with Crippen LogP contribution in [0.25, 0.3) is 0 Å². The van der Waals surface area contributed by atoms with Crippen LogP contribution in [0.4, 0.5) is 10.5 Å². The van der Waals surface area contributed by atoms with Gasteiger partial charge in [-0.1, -0.05) is 12.8 Å². The highest BCUT2D eigenvalue weighted by atomic mass is 16.5. The van der Waals surface area contributed by atoms with Gasteiger partial charge in [-0.3, -0.25) is 0 Å². The number of methoxy groups -OCH3 is 1. The predicted octanol–water partition coefficient (Wildman–Crippen LogP) is 2.46. The number of rotatable bonds is 3. The minimum atomic E-state index is -0.421. The van der Waals surface area contributed by atoms with Crippen LogP contribution >= 0.6 is 0 Å². The Balaban J connectivity index is 1.95. The molecule has 5 nitrogen and oxygen atoms in total. The number of urea groups is 1. The molecule has 1 saturated carbocycles. The molecule has 1 aromatic carbocycles. The van der Waals surface area contributed by atoms with Gasteiger partial charge in [0, 0.05) is 12.7 Å². The van der Waals surface area contributed by atoms with Gasteiger partial charge in [0.1, 0.15) is 5.75 Å². The quantitative estimate of drug-likeness (QED) is 0.893. The lowest BCUT2D eigenvalue weighted by Gasteiger charge is -2.35. The molecule has 1 aliphatic carbocycles. The van der Waals surface area contributed by atoms with Crippen molar-refractivity contribution < 1.29 is 14.6 Å². The SMILES string of the molecule is COc1ccc(NC(=O)N(C)C2CCCCC2O)cc1. The lowest BCUT2D eigenvalue weighted by molar-refractivity contribution is 0.0494. The van der Waals surface area contributed by atoms with E-state index in [-0.39, 0.29) is 12.1 Å². The molecule has 2 amide bonds. The molecule has 2 unspecified atom stereocenters. The Bertz CT molecular complexity index is 447. The van der Waals surface area contributed by atoms with E-state index in [1.807, 2.05) is 0 Å². The summed E-state index contributed by atoms with van der Waals surface area (Å²) in [4.78, 5) is 13.8. The second-order valence-electron chi connectivity index (χ2n) is 5.19. The zero-order valence-electron chi connectivity index (χ0n) is 12.0. The number of amides is 2. The molecule has 5 heteroatoms. The fourth-order valence-electron chi connectivity index (χ4n) is 2.58. The van der Waals surface area contributed by atoms with Crippen molar-refractivity contribution in [2.45, 2.75) is 37.8 Å². The number of nitrogens with zero attached hydrogens (tertiary/aromatic N) is 1. The summed E-state index contributed by atoms with van der Waals surface area (Å²) < 4.78 is 5.07. The molecular formula is C15H22N2O3. The minimum Gasteiger partial charge on any atom is -0.497 e. The van der Waals surface area contributed by atoms with Crippen molar-refractivity contribution in [1.29, 1.82) is 0 Å². The number of carbonyl (C=O) groups is 1. The van der Waals surface area contributed by atoms with Crippen molar-refractivity contribution in [2.75, 3.05) is 19.5 Å². The molecular weight excluding hydrogens is 256 g/mol. The molecule has 110 valence electrons. The van der Waals surface area contributed by atoms with Gasteiger partial charge in [-0.2, -0.15) is 0 Å². The summed E-state index contributed by atoms with van der Waals surface area (Å²) in [5, 5.41) is 12.8. The van der Waals surface area contributed by atoms with E-state index >= 15 is 0 Å². The molecule has 0 heterocycles. The van der Waals surface area contributed by atoms with Crippen LogP contribution < -0.4 is 10.1 Å². The smallest absolute Gasteiger partial charge is 0.321 e. The van der Waals surface area contributed by atoms with Crippen molar-refractivity contribution in [3.05, 3.63) is 24.3 Å². The van der Waals surface area contributed by atoms with Crippen molar-refractivity contribution in [1.82, 2.24) is 4.90 Å². The number of hydrogen-bond donors (Lipinski definition) is 2. The van der Waals surface area contributed by atoms with Gasteiger partial charge in [0.05, 0.1) is 19.3 Å². The number of aliphatic hydroxyl groups is 1. The molecule has 0 spiro atoms. The van der Waals surface area contributed by atoms with E-state index in [1.165, 1.54) is 0 Å². The molecule has 1 aromatic rings. The van der Waals surface area contributed by atoms with Crippen molar-refractivity contribution in [2.24, 2.45) is 0 Å². The minimum absolute atomic E-state index is 0.0954. The van der Waals surface area contributed by atoms with Crippen LogP contribution in [-0.4, -0.2) is 42.3 Å². The van der Waals surface area contributed by atoms with Crippen LogP contribution in [-0.2, 0) is 0 Å². The Labute approximate surface area is 119 Å². The third-order valence-electron chi connectivity index (χ3n) is 3.85. The van der Waals surface area contributed by atoms with Crippen LogP contribution in [0, 0.1) is 0 Å². The Morgan fingerprint density at radius 2 is 1.95 bits per heavy atom. The summed E-state index contributed by atoms with van der Waals surface area (Å²) in [6.45, 7) is 0. The number of anilines is 1. The first-order valence-corrected chi connectivity index (χ1v) is 6.97. The number of likely N-dealkylation sites (N-methyl/N-ethyl adjacent to an activating group) is 1. The fraction of sp³-hybridized carbons (Fsp3) is 0.533. The van der Waals surface area contributed by atoms with Crippen molar-refractivity contribution in [3.8, 4) is 5.75 Å². The molecule has 0 saturated heterocycles. The number of carbonyl (C=O) groups excluding carboxylic acids is 1. The predicted molar refractivity (Wildman–Crippen MR) is 78.0 cm³/mol. The molecule has 0 aliphatic heterocycles. The molecule has 0 radical (unpaired) electrons. The molecule has 0 aromatic heterocycles. The molecule has 0 bridgehead atoms. The van der Waals surface area contributed by atoms with E-state index in [4.69, 9.17) is 4.74 Å². The molecule has 2 N–H and O–H groups in total. The number of aliphatic hydroxyl groups excluding tert-OH is 1. The molecule has 2 rings (SSSR count). The fourth-order valence-corrected chi connectivity index (χ4v) is 2.58. The largest absolute Gasteiger partial charge is 0.497 e. The normalized spacial score (nSPS) is 22.1. The summed E-state index contributed by atoms with van der Waals surface area (Å²) >= 11 is 0. The van der Waals surface area contributed by atoms with Crippen molar-refractivity contribution in [3.63, 3.8) is 0 Å². The van der Waals surface area contributed by atoms with Gasteiger partial charge in [-0.15, -0.1) is 0 Å². The van der Waals surface area contributed by atoms with Gasteiger partial charge in [0.15, 0.2) is 0 Å². The van der Waals surface area contributed by atoms with Crippen LogP contribution in [0.15, 0.2) is 24.3 Å². The van der Waals surface area contributed by atoms with Gasteiger partial charge < -0.3 is 20.1 Å². The number of ether oxygens (including phenoxy) is 1. The maximum Gasteiger partial charge on any atom is 0.321 e. The number of benzene rings is 1. The summed E-state index contributed by atoms with van der Waals surface area (Å²) in [5.41, 5.74) is 0.716. The molecule has 1 fully saturated rings. The van der Waals surface area contributed by atoms with E-state index in [9.17, 15) is 9.90 Å². The van der Waals surface area contributed by atoms with E-state index in [0.717, 1.165) is 31.4 Å². The highest BCUT2D eigenvalue weighted by Crippen LogP contribution is 2.23. The zero-order valence-corrected chi connectivity index (χ0v) is 12.0. The number of nitrogens with one attached hydrogen (secondary N) is 1. The molecule has 20 heavy (non-hydrogen) atoms. The van der Waals surface area contributed by atoms with Gasteiger partial charge in [0.25, 0.3) is 0 Å². The van der Waals surface area contributed by atoms with Gasteiger partial charge >= 0.3 is 6.03 Å². The maximum atomic E-state index is 12.2. The van der Waals surface area contributed by atoms with Crippen LogP contribution in [0.2, 0.25) is 0 Å². The zero-order chi connectivity index (χ0) is 14.5. The van der Waals surface area contributed by atoms with Crippen LogP contribution in [0.1, 0.15) is 25.7 Å². The lowest BCUT2D eigenvalue weighted by atomic mass is 9.92. The average molecular weight is 278 g/mol. The Kier molecular flexibility index (Phi) is 4.84. The van der Waals surface area contributed by atoms with E-state index in [1.54, 1.807) is 43.3 Å². The standard InChI is InChI=1S/C15H22N2O3/c1-17(13-5-3-4-6-14(13)18)15(19)16-11-7-9-12(20-2)10-8-11/h7-10,13-14,18H,3-6H2,1-2H3,(H,16,19). The topological polar surface area (TPSA) is 61.8 Å². The third-order valence-corrected chi connectivity index (χ3v) is 3.85. The summed E-state index contributed by atoms with van der Waals surface area (Å²) in [5.74, 6) is 0.749. The Morgan fingerprint density at radius 3 is 2.55 bits per heavy atom. The summed E-state index contributed by atoms with van der Waals surface area (Å²) in [6, 6.07) is 6.89. The van der Waals surface area contributed by atoms with Crippen LogP contribution in [0.3, 0.4) is 0 Å². The highest BCUT2D eigenvalue weighted by Gasteiger charge is 2.29. The second kappa shape index (κ2) is 6.61. The second-order valence-corrected chi connectivity index (χ2v) is 5.19. The average Bonchev–Trinajstić information content (AvgIpc) is 2.48. The lowest BCUT2D eigenvalue weighted by Crippen LogP contribution is -2.47. The number of hydrogen-bond acceptors (Lipinski definition) is 3. The first kappa shape index (κ1) is 14.7. The van der Waals surface area contributed by atoms with Gasteiger partial charge in [-0.25, -0.2) is 4.79 Å². The molecule has 1 aliphatic rings. The summed E-state index contributed by atoms with van der Waals surface area (Å²) in [7, 11) is 3.34. The Hall–Kier alpha value is -1.75. The maximum absolute atomic E-state index is 12.2. The van der Waals surface area contributed by atoms with Crippen LogP contribution in [0.5, 0.6) is 5.75 Å². The first-order chi connectivity index (χ1) is 9.61. The third kappa shape index (κ3) is 3.42. The monoisotopic (exact) mass is 278 g/mol. The molecule has 2 atom stereocenters.